The van der Waals surface area contributed by atoms with Crippen LogP contribution in [-0.4, -0.2) is 23.9 Å². The van der Waals surface area contributed by atoms with Gasteiger partial charge in [-0.15, -0.1) is 11.3 Å². The Bertz CT molecular complexity index is 435. The predicted molar refractivity (Wildman–Crippen MR) is 83.0 cm³/mol. The van der Waals surface area contributed by atoms with E-state index in [-0.39, 0.29) is 5.92 Å². The van der Waals surface area contributed by atoms with E-state index in [2.05, 4.69) is 22.0 Å². The lowest BCUT2D eigenvalue weighted by molar-refractivity contribution is -0.137. The molecule has 0 aromatic carbocycles. The second-order valence-corrected chi connectivity index (χ2v) is 7.64. The van der Waals surface area contributed by atoms with Gasteiger partial charge in [0.25, 0.3) is 0 Å². The van der Waals surface area contributed by atoms with E-state index in [4.69, 9.17) is 5.73 Å². The Labute approximate surface area is 127 Å². The molecule has 2 atom stereocenters. The molecule has 1 aromatic heterocycles. The first-order valence-electron chi connectivity index (χ1n) is 6.88. The van der Waals surface area contributed by atoms with Gasteiger partial charge in [0.05, 0.1) is 10.3 Å². The highest BCUT2D eigenvalue weighted by molar-refractivity contribution is 9.11. The molecule has 2 N–H and O–H groups in total. The third-order valence-electron chi connectivity index (χ3n) is 3.95. The number of carbonyl (C=O) groups is 1. The van der Waals surface area contributed by atoms with Gasteiger partial charge in [-0.25, -0.2) is 0 Å². The molecule has 19 heavy (non-hydrogen) atoms. The van der Waals surface area contributed by atoms with Crippen molar-refractivity contribution in [2.75, 3.05) is 13.1 Å². The molecule has 106 valence electrons. The normalized spacial score (nSPS) is 22.7. The smallest absolute Gasteiger partial charge is 0.226 e. The largest absolute Gasteiger partial charge is 0.338 e. The summed E-state index contributed by atoms with van der Waals surface area (Å²) in [6.07, 6.45) is 3.25. The van der Waals surface area contributed by atoms with Gasteiger partial charge >= 0.3 is 0 Å². The molecule has 1 aliphatic rings. The second kappa shape index (κ2) is 6.86. The molecule has 0 aliphatic heterocycles. The number of hydrogen-bond donors (Lipinski definition) is 1. The fourth-order valence-corrected chi connectivity index (χ4v) is 4.35. The molecule has 1 aromatic rings. The standard InChI is InChI=1S/C14H21BrN2OS/c1-2-17(9-11-6-7-13(15)19-11)14(18)12-5-3-4-10(12)8-16/h6-7,10,12H,2-5,8-9,16H2,1H3. The first-order chi connectivity index (χ1) is 9.15. The quantitative estimate of drug-likeness (QED) is 0.891. The van der Waals surface area contributed by atoms with Crippen LogP contribution in [0.5, 0.6) is 0 Å². The average molecular weight is 345 g/mol. The predicted octanol–water partition coefficient (Wildman–Crippen LogP) is 3.23. The number of halogens is 1. The molecule has 1 fully saturated rings. The zero-order chi connectivity index (χ0) is 13.8. The highest BCUT2D eigenvalue weighted by Gasteiger charge is 2.34. The molecule has 3 nitrogen and oxygen atoms in total. The molecule has 0 spiro atoms. The van der Waals surface area contributed by atoms with Gasteiger partial charge in [0.2, 0.25) is 5.91 Å². The summed E-state index contributed by atoms with van der Waals surface area (Å²) < 4.78 is 1.12. The van der Waals surface area contributed by atoms with Crippen molar-refractivity contribution in [2.24, 2.45) is 17.6 Å². The van der Waals surface area contributed by atoms with Gasteiger partial charge in [-0.1, -0.05) is 6.42 Å². The van der Waals surface area contributed by atoms with Crippen molar-refractivity contribution in [1.29, 1.82) is 0 Å². The van der Waals surface area contributed by atoms with Crippen molar-refractivity contribution in [3.63, 3.8) is 0 Å². The van der Waals surface area contributed by atoms with E-state index in [9.17, 15) is 4.79 Å². The first kappa shape index (κ1) is 15.0. The van der Waals surface area contributed by atoms with Gasteiger partial charge in [-0.2, -0.15) is 0 Å². The maximum Gasteiger partial charge on any atom is 0.226 e. The minimum absolute atomic E-state index is 0.147. The summed E-state index contributed by atoms with van der Waals surface area (Å²) in [6, 6.07) is 4.12. The highest BCUT2D eigenvalue weighted by Crippen LogP contribution is 2.33. The van der Waals surface area contributed by atoms with Crippen LogP contribution in [0, 0.1) is 11.8 Å². The van der Waals surface area contributed by atoms with E-state index in [1.54, 1.807) is 11.3 Å². The number of hydrogen-bond acceptors (Lipinski definition) is 3. The molecule has 1 amide bonds. The molecular weight excluding hydrogens is 324 g/mol. The summed E-state index contributed by atoms with van der Waals surface area (Å²) in [6.45, 7) is 4.17. The van der Waals surface area contributed by atoms with Crippen molar-refractivity contribution in [3.05, 3.63) is 20.8 Å². The third-order valence-corrected chi connectivity index (χ3v) is 5.56. The lowest BCUT2D eigenvalue weighted by Gasteiger charge is -2.26. The van der Waals surface area contributed by atoms with Crippen LogP contribution < -0.4 is 5.73 Å². The molecule has 1 aliphatic carbocycles. The molecule has 5 heteroatoms. The van der Waals surface area contributed by atoms with Crippen LogP contribution >= 0.6 is 27.3 Å². The second-order valence-electron chi connectivity index (χ2n) is 5.09. The fraction of sp³-hybridized carbons (Fsp3) is 0.643. The SMILES string of the molecule is CCN(Cc1ccc(Br)s1)C(=O)C1CCCC1CN. The summed E-state index contributed by atoms with van der Waals surface area (Å²) in [5.74, 6) is 0.824. The maximum atomic E-state index is 12.6. The number of rotatable bonds is 5. The third kappa shape index (κ3) is 3.58. The lowest BCUT2D eigenvalue weighted by Crippen LogP contribution is -2.38. The number of thiophene rings is 1. The zero-order valence-corrected chi connectivity index (χ0v) is 13.7. The highest BCUT2D eigenvalue weighted by atomic mass is 79.9. The molecule has 0 saturated heterocycles. The van der Waals surface area contributed by atoms with Crippen LogP contribution in [0.25, 0.3) is 0 Å². The van der Waals surface area contributed by atoms with Crippen molar-refractivity contribution in [1.82, 2.24) is 4.90 Å². The van der Waals surface area contributed by atoms with Gasteiger partial charge < -0.3 is 10.6 Å². The van der Waals surface area contributed by atoms with Crippen LogP contribution in [0.2, 0.25) is 0 Å². The number of carbonyl (C=O) groups excluding carboxylic acids is 1. The van der Waals surface area contributed by atoms with Crippen molar-refractivity contribution < 1.29 is 4.79 Å². The Morgan fingerprint density at radius 1 is 1.53 bits per heavy atom. The van der Waals surface area contributed by atoms with Crippen LogP contribution in [-0.2, 0) is 11.3 Å². The van der Waals surface area contributed by atoms with Gasteiger partial charge in [-0.3, -0.25) is 4.79 Å². The van der Waals surface area contributed by atoms with E-state index in [1.165, 1.54) is 4.88 Å². The van der Waals surface area contributed by atoms with Crippen LogP contribution in [0.15, 0.2) is 15.9 Å². The number of nitrogens with zero attached hydrogens (tertiary/aromatic N) is 1. The summed E-state index contributed by atoms with van der Waals surface area (Å²) >= 11 is 5.16. The van der Waals surface area contributed by atoms with E-state index in [0.717, 1.165) is 36.1 Å². The van der Waals surface area contributed by atoms with Gasteiger partial charge in [0, 0.05) is 17.3 Å². The minimum Gasteiger partial charge on any atom is -0.338 e. The molecule has 2 rings (SSSR count). The Kier molecular flexibility index (Phi) is 5.42. The van der Waals surface area contributed by atoms with Crippen molar-refractivity contribution in [3.8, 4) is 0 Å². The van der Waals surface area contributed by atoms with E-state index >= 15 is 0 Å². The summed E-state index contributed by atoms with van der Waals surface area (Å²) in [7, 11) is 0. The first-order valence-corrected chi connectivity index (χ1v) is 8.49. The van der Waals surface area contributed by atoms with E-state index in [1.807, 2.05) is 17.9 Å². The summed E-state index contributed by atoms with van der Waals surface area (Å²) in [4.78, 5) is 15.8. The van der Waals surface area contributed by atoms with Gasteiger partial charge in [0.1, 0.15) is 0 Å². The maximum absolute atomic E-state index is 12.6. The van der Waals surface area contributed by atoms with Gasteiger partial charge in [0.15, 0.2) is 0 Å². The van der Waals surface area contributed by atoms with Crippen LogP contribution in [0.3, 0.4) is 0 Å². The summed E-state index contributed by atoms with van der Waals surface area (Å²) in [5, 5.41) is 0. The molecule has 0 radical (unpaired) electrons. The molecule has 0 bridgehead atoms. The Morgan fingerprint density at radius 3 is 2.89 bits per heavy atom. The van der Waals surface area contributed by atoms with Crippen LogP contribution in [0.4, 0.5) is 0 Å². The zero-order valence-electron chi connectivity index (χ0n) is 11.3. The van der Waals surface area contributed by atoms with E-state index in [0.29, 0.717) is 18.4 Å². The average Bonchev–Trinajstić information content (AvgIpc) is 3.03. The number of nitrogens with two attached hydrogens (primary N) is 1. The Hall–Kier alpha value is -0.390. The Morgan fingerprint density at radius 2 is 2.32 bits per heavy atom. The summed E-state index contributed by atoms with van der Waals surface area (Å²) in [5.41, 5.74) is 5.78. The van der Waals surface area contributed by atoms with Crippen LogP contribution in [0.1, 0.15) is 31.1 Å². The Balaban J connectivity index is 2.02. The molecule has 1 heterocycles. The molecular formula is C14H21BrN2OS. The monoisotopic (exact) mass is 344 g/mol. The molecule has 1 saturated carbocycles. The number of amides is 1. The minimum atomic E-state index is 0.147. The molecule has 2 unspecified atom stereocenters. The van der Waals surface area contributed by atoms with E-state index < -0.39 is 0 Å². The van der Waals surface area contributed by atoms with Gasteiger partial charge in [-0.05, 0) is 60.3 Å². The topological polar surface area (TPSA) is 46.3 Å². The fourth-order valence-electron chi connectivity index (χ4n) is 2.85. The lowest BCUT2D eigenvalue weighted by atomic mass is 9.94. The van der Waals surface area contributed by atoms with Crippen molar-refractivity contribution >= 4 is 33.2 Å². The van der Waals surface area contributed by atoms with Crippen molar-refractivity contribution in [2.45, 2.75) is 32.7 Å².